The highest BCUT2D eigenvalue weighted by Crippen LogP contribution is 2.27. The molecule has 0 fully saturated rings. The summed E-state index contributed by atoms with van der Waals surface area (Å²) in [5, 5.41) is 5.09. The zero-order valence-corrected chi connectivity index (χ0v) is 12.2. The molecule has 0 aliphatic rings. The molecule has 0 aliphatic heterocycles. The van der Waals surface area contributed by atoms with Gasteiger partial charge in [0, 0.05) is 16.7 Å². The van der Waals surface area contributed by atoms with Gasteiger partial charge in [-0.25, -0.2) is 9.07 Å². The molecule has 0 radical (unpaired) electrons. The Balaban J connectivity index is 2.04. The summed E-state index contributed by atoms with van der Waals surface area (Å²) in [6.45, 7) is 0. The summed E-state index contributed by atoms with van der Waals surface area (Å²) in [6, 6.07) is 11.6. The SMILES string of the molecule is Nc1cn(-c2ccc(Cl)c(F)c2)nc1-c1ccc(Cl)cc1. The minimum atomic E-state index is -0.503. The Hall–Kier alpha value is -2.04. The van der Waals surface area contributed by atoms with Crippen molar-refractivity contribution in [3.05, 3.63) is 64.5 Å². The van der Waals surface area contributed by atoms with Crippen molar-refractivity contribution in [1.29, 1.82) is 0 Å². The first-order valence-corrected chi connectivity index (χ1v) is 6.87. The van der Waals surface area contributed by atoms with E-state index < -0.39 is 5.82 Å². The van der Waals surface area contributed by atoms with Crippen LogP contribution in [0.1, 0.15) is 0 Å². The third-order valence-electron chi connectivity index (χ3n) is 3.03. The van der Waals surface area contributed by atoms with Gasteiger partial charge in [0.15, 0.2) is 0 Å². The van der Waals surface area contributed by atoms with Crippen LogP contribution in [0.15, 0.2) is 48.7 Å². The Morgan fingerprint density at radius 1 is 1.05 bits per heavy atom. The third kappa shape index (κ3) is 2.73. The fourth-order valence-electron chi connectivity index (χ4n) is 1.98. The van der Waals surface area contributed by atoms with Crippen LogP contribution in [0.2, 0.25) is 10.0 Å². The van der Waals surface area contributed by atoms with Gasteiger partial charge in [0.05, 0.1) is 22.6 Å². The molecule has 0 bridgehead atoms. The predicted molar refractivity (Wildman–Crippen MR) is 83.4 cm³/mol. The van der Waals surface area contributed by atoms with Crippen LogP contribution in [0.25, 0.3) is 16.9 Å². The highest BCUT2D eigenvalue weighted by atomic mass is 35.5. The van der Waals surface area contributed by atoms with Crippen LogP contribution in [-0.4, -0.2) is 9.78 Å². The number of hydrogen-bond donors (Lipinski definition) is 1. The third-order valence-corrected chi connectivity index (χ3v) is 3.59. The smallest absolute Gasteiger partial charge is 0.143 e. The molecule has 0 saturated carbocycles. The van der Waals surface area contributed by atoms with Crippen LogP contribution < -0.4 is 5.73 Å². The van der Waals surface area contributed by atoms with E-state index in [4.69, 9.17) is 28.9 Å². The number of rotatable bonds is 2. The first-order valence-electron chi connectivity index (χ1n) is 6.11. The molecule has 3 nitrogen and oxygen atoms in total. The highest BCUT2D eigenvalue weighted by molar-refractivity contribution is 6.31. The second-order valence-electron chi connectivity index (χ2n) is 4.48. The van der Waals surface area contributed by atoms with Gasteiger partial charge in [-0.1, -0.05) is 35.3 Å². The van der Waals surface area contributed by atoms with Crippen LogP contribution in [-0.2, 0) is 0 Å². The first-order chi connectivity index (χ1) is 10.0. The molecule has 0 spiro atoms. The van der Waals surface area contributed by atoms with Crippen molar-refractivity contribution >= 4 is 28.9 Å². The maximum atomic E-state index is 13.5. The van der Waals surface area contributed by atoms with Gasteiger partial charge in [0.2, 0.25) is 0 Å². The lowest BCUT2D eigenvalue weighted by molar-refractivity contribution is 0.626. The summed E-state index contributed by atoms with van der Waals surface area (Å²) >= 11 is 11.5. The Bertz CT molecular complexity index is 797. The number of nitrogens with two attached hydrogens (primary N) is 1. The van der Waals surface area contributed by atoms with Crippen LogP contribution in [0.3, 0.4) is 0 Å². The van der Waals surface area contributed by atoms with Crippen molar-refractivity contribution in [2.24, 2.45) is 0 Å². The van der Waals surface area contributed by atoms with E-state index in [1.165, 1.54) is 16.8 Å². The van der Waals surface area contributed by atoms with Crippen molar-refractivity contribution in [1.82, 2.24) is 9.78 Å². The Labute approximate surface area is 130 Å². The van der Waals surface area contributed by atoms with Gasteiger partial charge in [0.25, 0.3) is 0 Å². The van der Waals surface area contributed by atoms with Gasteiger partial charge in [-0.15, -0.1) is 0 Å². The minimum absolute atomic E-state index is 0.0665. The van der Waals surface area contributed by atoms with Crippen molar-refractivity contribution in [3.63, 3.8) is 0 Å². The predicted octanol–water partition coefficient (Wildman–Crippen LogP) is 4.57. The summed E-state index contributed by atoms with van der Waals surface area (Å²) in [4.78, 5) is 0. The topological polar surface area (TPSA) is 43.8 Å². The van der Waals surface area contributed by atoms with Gasteiger partial charge in [-0.05, 0) is 24.3 Å². The quantitative estimate of drug-likeness (QED) is 0.751. The van der Waals surface area contributed by atoms with Gasteiger partial charge < -0.3 is 5.73 Å². The molecule has 0 unspecified atom stereocenters. The average molecular weight is 322 g/mol. The average Bonchev–Trinajstić information content (AvgIpc) is 2.85. The van der Waals surface area contributed by atoms with Gasteiger partial charge in [-0.2, -0.15) is 5.10 Å². The molecule has 3 rings (SSSR count). The summed E-state index contributed by atoms with van der Waals surface area (Å²) in [7, 11) is 0. The van der Waals surface area contributed by atoms with Crippen LogP contribution in [0.5, 0.6) is 0 Å². The Morgan fingerprint density at radius 2 is 1.76 bits per heavy atom. The van der Waals surface area contributed by atoms with Crippen molar-refractivity contribution < 1.29 is 4.39 Å². The largest absolute Gasteiger partial charge is 0.396 e. The van der Waals surface area contributed by atoms with E-state index in [2.05, 4.69) is 5.10 Å². The highest BCUT2D eigenvalue weighted by Gasteiger charge is 2.11. The molecule has 6 heteroatoms. The van der Waals surface area contributed by atoms with Crippen molar-refractivity contribution in [2.75, 3.05) is 5.73 Å². The van der Waals surface area contributed by atoms with Crippen LogP contribution in [0, 0.1) is 5.82 Å². The fraction of sp³-hybridized carbons (Fsp3) is 0. The van der Waals surface area contributed by atoms with Crippen LogP contribution >= 0.6 is 23.2 Å². The Morgan fingerprint density at radius 3 is 2.43 bits per heavy atom. The molecular weight excluding hydrogens is 312 g/mol. The summed E-state index contributed by atoms with van der Waals surface area (Å²) in [5.74, 6) is -0.503. The maximum Gasteiger partial charge on any atom is 0.143 e. The number of nitrogen functional groups attached to an aromatic ring is 1. The van der Waals surface area contributed by atoms with E-state index in [0.717, 1.165) is 5.56 Å². The molecule has 2 N–H and O–H groups in total. The first kappa shape index (κ1) is 13.9. The maximum absolute atomic E-state index is 13.5. The normalized spacial score (nSPS) is 10.8. The minimum Gasteiger partial charge on any atom is -0.396 e. The molecule has 1 aromatic heterocycles. The lowest BCUT2D eigenvalue weighted by atomic mass is 10.1. The Kier molecular flexibility index (Phi) is 3.57. The number of nitrogens with zero attached hydrogens (tertiary/aromatic N) is 2. The zero-order chi connectivity index (χ0) is 15.0. The molecule has 0 amide bonds. The monoisotopic (exact) mass is 321 g/mol. The number of anilines is 1. The number of hydrogen-bond acceptors (Lipinski definition) is 2. The second-order valence-corrected chi connectivity index (χ2v) is 5.33. The van der Waals surface area contributed by atoms with Crippen molar-refractivity contribution in [3.8, 4) is 16.9 Å². The lowest BCUT2D eigenvalue weighted by Gasteiger charge is -2.02. The number of aromatic nitrogens is 2. The molecule has 0 atom stereocenters. The van der Waals surface area contributed by atoms with Crippen LogP contribution in [0.4, 0.5) is 10.1 Å². The number of benzene rings is 2. The molecule has 0 saturated heterocycles. The standard InChI is InChI=1S/C15H10Cl2FN3/c16-10-3-1-9(2-4-10)15-14(19)8-21(20-15)11-5-6-12(17)13(18)7-11/h1-8H,19H2. The van der Waals surface area contributed by atoms with Gasteiger partial charge >= 0.3 is 0 Å². The van der Waals surface area contributed by atoms with Gasteiger partial charge in [0.1, 0.15) is 11.5 Å². The summed E-state index contributed by atoms with van der Waals surface area (Å²) < 4.78 is 15.0. The zero-order valence-electron chi connectivity index (χ0n) is 10.7. The number of halogens is 3. The summed E-state index contributed by atoms with van der Waals surface area (Å²) in [6.07, 6.45) is 1.63. The van der Waals surface area contributed by atoms with E-state index in [9.17, 15) is 4.39 Å². The van der Waals surface area contributed by atoms with E-state index in [1.54, 1.807) is 24.4 Å². The molecule has 0 aliphatic carbocycles. The fourth-order valence-corrected chi connectivity index (χ4v) is 2.22. The van der Waals surface area contributed by atoms with E-state index >= 15 is 0 Å². The molecule has 3 aromatic rings. The molecule has 106 valence electrons. The van der Waals surface area contributed by atoms with E-state index in [-0.39, 0.29) is 5.02 Å². The second kappa shape index (κ2) is 5.39. The molecule has 21 heavy (non-hydrogen) atoms. The molecule has 2 aromatic carbocycles. The summed E-state index contributed by atoms with van der Waals surface area (Å²) in [5.41, 5.74) is 8.47. The van der Waals surface area contributed by atoms with E-state index in [0.29, 0.717) is 22.1 Å². The lowest BCUT2D eigenvalue weighted by Crippen LogP contribution is -1.95. The van der Waals surface area contributed by atoms with Crippen molar-refractivity contribution in [2.45, 2.75) is 0 Å². The molecular formula is C15H10Cl2FN3. The molecule has 1 heterocycles. The van der Waals surface area contributed by atoms with Gasteiger partial charge in [-0.3, -0.25) is 0 Å². The van der Waals surface area contributed by atoms with E-state index in [1.807, 2.05) is 12.1 Å².